The van der Waals surface area contributed by atoms with Crippen LogP contribution in [0.2, 0.25) is 5.02 Å². The van der Waals surface area contributed by atoms with Gasteiger partial charge in [0.05, 0.1) is 23.0 Å². The van der Waals surface area contributed by atoms with E-state index in [4.69, 9.17) is 16.1 Å². The third-order valence-corrected chi connectivity index (χ3v) is 4.36. The molecule has 1 aliphatic heterocycles. The molecule has 1 atom stereocenters. The third-order valence-electron chi connectivity index (χ3n) is 4.08. The fourth-order valence-corrected chi connectivity index (χ4v) is 3.13. The monoisotopic (exact) mass is 322 g/mol. The van der Waals surface area contributed by atoms with E-state index in [2.05, 4.69) is 10.3 Å². The van der Waals surface area contributed by atoms with Crippen molar-refractivity contribution in [2.24, 2.45) is 0 Å². The summed E-state index contributed by atoms with van der Waals surface area (Å²) in [6.07, 6.45) is 4.16. The molecule has 0 N–H and O–H groups in total. The summed E-state index contributed by atoms with van der Waals surface area (Å²) >= 11 is 6.15. The molecule has 1 fully saturated rings. The summed E-state index contributed by atoms with van der Waals surface area (Å²) in [7, 11) is 0. The molecule has 0 unspecified atom stereocenters. The summed E-state index contributed by atoms with van der Waals surface area (Å²) in [5.41, 5.74) is 1.36. The SMILES string of the molecule is CCc1cc([C@H]2CCCN2C(=O)c2c(Cl)cnn2CC)on1. The number of amides is 1. The third kappa shape index (κ3) is 2.52. The van der Waals surface area contributed by atoms with E-state index in [9.17, 15) is 4.79 Å². The Labute approximate surface area is 134 Å². The van der Waals surface area contributed by atoms with Crippen molar-refractivity contribution in [2.45, 2.75) is 45.7 Å². The second-order valence-corrected chi connectivity index (χ2v) is 5.79. The predicted molar refractivity (Wildman–Crippen MR) is 81.8 cm³/mol. The molecule has 2 aromatic heterocycles. The molecule has 0 aliphatic carbocycles. The average molecular weight is 323 g/mol. The molecule has 0 bridgehead atoms. The maximum atomic E-state index is 12.9. The number of hydrogen-bond donors (Lipinski definition) is 0. The number of halogens is 1. The quantitative estimate of drug-likeness (QED) is 0.867. The molecule has 0 aromatic carbocycles. The molecule has 7 heteroatoms. The minimum Gasteiger partial charge on any atom is -0.359 e. The van der Waals surface area contributed by atoms with Gasteiger partial charge in [0.15, 0.2) is 5.76 Å². The van der Waals surface area contributed by atoms with Crippen molar-refractivity contribution >= 4 is 17.5 Å². The summed E-state index contributed by atoms with van der Waals surface area (Å²) < 4.78 is 7.06. The van der Waals surface area contributed by atoms with Gasteiger partial charge < -0.3 is 9.42 Å². The van der Waals surface area contributed by atoms with Crippen LogP contribution in [0.1, 0.15) is 54.7 Å². The van der Waals surface area contributed by atoms with Crippen LogP contribution in [-0.2, 0) is 13.0 Å². The number of aromatic nitrogens is 3. The highest BCUT2D eigenvalue weighted by Gasteiger charge is 2.35. The molecule has 0 radical (unpaired) electrons. The van der Waals surface area contributed by atoms with Crippen LogP contribution in [0, 0.1) is 0 Å². The van der Waals surface area contributed by atoms with E-state index in [-0.39, 0.29) is 11.9 Å². The van der Waals surface area contributed by atoms with Gasteiger partial charge in [0.25, 0.3) is 5.91 Å². The van der Waals surface area contributed by atoms with E-state index in [0.717, 1.165) is 30.7 Å². The van der Waals surface area contributed by atoms with E-state index in [1.165, 1.54) is 6.20 Å². The first kappa shape index (κ1) is 15.1. The van der Waals surface area contributed by atoms with Gasteiger partial charge in [0.1, 0.15) is 5.69 Å². The lowest BCUT2D eigenvalue weighted by atomic mass is 10.1. The maximum Gasteiger partial charge on any atom is 0.274 e. The van der Waals surface area contributed by atoms with Gasteiger partial charge in [-0.25, -0.2) is 0 Å². The highest BCUT2D eigenvalue weighted by Crippen LogP contribution is 2.34. The highest BCUT2D eigenvalue weighted by atomic mass is 35.5. The normalized spacial score (nSPS) is 18.1. The smallest absolute Gasteiger partial charge is 0.274 e. The number of nitrogens with zero attached hydrogens (tertiary/aromatic N) is 4. The summed E-state index contributed by atoms with van der Waals surface area (Å²) in [6, 6.07) is 1.87. The fourth-order valence-electron chi connectivity index (χ4n) is 2.91. The molecule has 1 amide bonds. The Morgan fingerprint density at radius 3 is 3.00 bits per heavy atom. The summed E-state index contributed by atoms with van der Waals surface area (Å²) in [4.78, 5) is 14.7. The van der Waals surface area contributed by atoms with Crippen molar-refractivity contribution in [1.82, 2.24) is 19.8 Å². The summed E-state index contributed by atoms with van der Waals surface area (Å²) in [5.74, 6) is 0.655. The van der Waals surface area contributed by atoms with Gasteiger partial charge >= 0.3 is 0 Å². The highest BCUT2D eigenvalue weighted by molar-refractivity contribution is 6.33. The molecular weight excluding hydrogens is 304 g/mol. The summed E-state index contributed by atoms with van der Waals surface area (Å²) in [6.45, 7) is 5.26. The molecule has 0 spiro atoms. The minimum absolute atomic E-state index is 0.0726. The first-order valence-corrected chi connectivity index (χ1v) is 8.01. The maximum absolute atomic E-state index is 12.9. The summed E-state index contributed by atoms with van der Waals surface area (Å²) in [5, 5.41) is 8.57. The molecule has 3 rings (SSSR count). The Hall–Kier alpha value is -1.82. The lowest BCUT2D eigenvalue weighted by Gasteiger charge is -2.23. The minimum atomic E-state index is -0.0960. The Morgan fingerprint density at radius 2 is 2.32 bits per heavy atom. The number of carbonyl (C=O) groups excluding carboxylic acids is 1. The number of carbonyl (C=O) groups is 1. The van der Waals surface area contributed by atoms with Gasteiger partial charge in [0.2, 0.25) is 0 Å². The van der Waals surface area contributed by atoms with Gasteiger partial charge in [-0.15, -0.1) is 0 Å². The Balaban J connectivity index is 1.89. The van der Waals surface area contributed by atoms with E-state index in [1.807, 2.05) is 24.8 Å². The topological polar surface area (TPSA) is 64.2 Å². The van der Waals surface area contributed by atoms with Crippen LogP contribution in [0.3, 0.4) is 0 Å². The van der Waals surface area contributed by atoms with E-state index in [1.54, 1.807) is 4.68 Å². The van der Waals surface area contributed by atoms with Gasteiger partial charge in [-0.3, -0.25) is 9.48 Å². The molecule has 0 saturated carbocycles. The standard InChI is InChI=1S/C15H19ClN4O2/c1-3-10-8-13(22-18-10)12-6-5-7-19(12)15(21)14-11(16)9-17-20(14)4-2/h8-9,12H,3-7H2,1-2H3/t12-/m1/s1. The second kappa shape index (κ2) is 6.12. The van der Waals surface area contributed by atoms with Crippen LogP contribution >= 0.6 is 11.6 Å². The zero-order chi connectivity index (χ0) is 15.7. The van der Waals surface area contributed by atoms with Crippen molar-refractivity contribution in [2.75, 3.05) is 6.54 Å². The molecule has 22 heavy (non-hydrogen) atoms. The van der Waals surface area contributed by atoms with Crippen molar-refractivity contribution in [3.8, 4) is 0 Å². The van der Waals surface area contributed by atoms with Crippen molar-refractivity contribution in [1.29, 1.82) is 0 Å². The molecule has 1 aliphatic rings. The van der Waals surface area contributed by atoms with Crippen LogP contribution in [0.4, 0.5) is 0 Å². The Kier molecular flexibility index (Phi) is 4.20. The van der Waals surface area contributed by atoms with Gasteiger partial charge in [-0.2, -0.15) is 5.10 Å². The lowest BCUT2D eigenvalue weighted by molar-refractivity contribution is 0.0702. The zero-order valence-electron chi connectivity index (χ0n) is 12.8. The van der Waals surface area contributed by atoms with Gasteiger partial charge in [0, 0.05) is 19.2 Å². The fraction of sp³-hybridized carbons (Fsp3) is 0.533. The molecule has 6 nitrogen and oxygen atoms in total. The Bertz CT molecular complexity index is 679. The molecular formula is C15H19ClN4O2. The molecule has 118 valence electrons. The largest absolute Gasteiger partial charge is 0.359 e. The number of rotatable bonds is 4. The Morgan fingerprint density at radius 1 is 1.50 bits per heavy atom. The van der Waals surface area contributed by atoms with Crippen molar-refractivity contribution < 1.29 is 9.32 Å². The van der Waals surface area contributed by atoms with Crippen molar-refractivity contribution in [3.05, 3.63) is 34.4 Å². The molecule has 3 heterocycles. The number of likely N-dealkylation sites (tertiary alicyclic amines) is 1. The average Bonchev–Trinajstić information content (AvgIpc) is 3.24. The van der Waals surface area contributed by atoms with Gasteiger partial charge in [-0.05, 0) is 26.2 Å². The zero-order valence-corrected chi connectivity index (χ0v) is 13.5. The van der Waals surface area contributed by atoms with Crippen LogP contribution in [0.15, 0.2) is 16.8 Å². The van der Waals surface area contributed by atoms with E-state index in [0.29, 0.717) is 23.8 Å². The number of aryl methyl sites for hydroxylation is 2. The van der Waals surface area contributed by atoms with Crippen molar-refractivity contribution in [3.63, 3.8) is 0 Å². The van der Waals surface area contributed by atoms with Crippen LogP contribution in [0.25, 0.3) is 0 Å². The van der Waals surface area contributed by atoms with Gasteiger partial charge in [-0.1, -0.05) is 23.7 Å². The first-order valence-electron chi connectivity index (χ1n) is 7.63. The van der Waals surface area contributed by atoms with Crippen LogP contribution in [-0.4, -0.2) is 32.3 Å². The second-order valence-electron chi connectivity index (χ2n) is 5.39. The molecule has 1 saturated heterocycles. The first-order chi connectivity index (χ1) is 10.7. The van der Waals surface area contributed by atoms with Crippen LogP contribution in [0.5, 0.6) is 0 Å². The van der Waals surface area contributed by atoms with Crippen LogP contribution < -0.4 is 0 Å². The predicted octanol–water partition coefficient (Wildman–Crippen LogP) is 3.08. The van der Waals surface area contributed by atoms with E-state index >= 15 is 0 Å². The lowest BCUT2D eigenvalue weighted by Crippen LogP contribution is -2.32. The number of hydrogen-bond acceptors (Lipinski definition) is 4. The van der Waals surface area contributed by atoms with E-state index < -0.39 is 0 Å². The molecule has 2 aromatic rings.